The molecule has 0 saturated heterocycles. The van der Waals surface area contributed by atoms with Crippen molar-refractivity contribution >= 4 is 5.69 Å². The molecule has 17 heavy (non-hydrogen) atoms. The van der Waals surface area contributed by atoms with Crippen molar-refractivity contribution in [3.8, 4) is 0 Å². The molecule has 3 heteroatoms. The summed E-state index contributed by atoms with van der Waals surface area (Å²) in [5, 5.41) is 3.30. The van der Waals surface area contributed by atoms with Gasteiger partial charge in [0, 0.05) is 11.9 Å². The van der Waals surface area contributed by atoms with E-state index in [0.29, 0.717) is 5.56 Å². The first-order chi connectivity index (χ1) is 8.16. The van der Waals surface area contributed by atoms with Crippen LogP contribution in [0.25, 0.3) is 0 Å². The normalized spacial score (nSPS) is 12.2. The zero-order chi connectivity index (χ0) is 12.3. The SMILES string of the molecule is Cc1cc(NC(C)c2ccccn2)ccc1F. The molecule has 0 fully saturated rings. The fourth-order valence-electron chi connectivity index (χ4n) is 1.69. The van der Waals surface area contributed by atoms with E-state index in [4.69, 9.17) is 0 Å². The number of hydrogen-bond acceptors (Lipinski definition) is 2. The Morgan fingerprint density at radius 3 is 2.71 bits per heavy atom. The van der Waals surface area contributed by atoms with Gasteiger partial charge in [-0.1, -0.05) is 6.07 Å². The molecule has 0 spiro atoms. The Hall–Kier alpha value is -1.90. The van der Waals surface area contributed by atoms with Gasteiger partial charge in [-0.05, 0) is 49.7 Å². The predicted octanol–water partition coefficient (Wildman–Crippen LogP) is 3.70. The van der Waals surface area contributed by atoms with Crippen molar-refractivity contribution in [2.45, 2.75) is 19.9 Å². The van der Waals surface area contributed by atoms with Gasteiger partial charge in [-0.15, -0.1) is 0 Å². The molecule has 88 valence electrons. The van der Waals surface area contributed by atoms with Crippen molar-refractivity contribution in [1.29, 1.82) is 0 Å². The molecule has 0 aliphatic rings. The molecule has 1 heterocycles. The Balaban J connectivity index is 2.13. The van der Waals surface area contributed by atoms with E-state index in [1.165, 1.54) is 6.07 Å². The van der Waals surface area contributed by atoms with Crippen LogP contribution >= 0.6 is 0 Å². The van der Waals surface area contributed by atoms with Crippen LogP contribution in [-0.4, -0.2) is 4.98 Å². The molecule has 2 rings (SSSR count). The Bertz CT molecular complexity index is 497. The lowest BCUT2D eigenvalue weighted by atomic mass is 10.1. The first-order valence-electron chi connectivity index (χ1n) is 5.60. The average molecular weight is 230 g/mol. The second kappa shape index (κ2) is 4.95. The van der Waals surface area contributed by atoms with Crippen LogP contribution in [0.5, 0.6) is 0 Å². The highest BCUT2D eigenvalue weighted by molar-refractivity contribution is 5.47. The molecule has 1 atom stereocenters. The number of nitrogens with zero attached hydrogens (tertiary/aromatic N) is 1. The fraction of sp³-hybridized carbons (Fsp3) is 0.214. The van der Waals surface area contributed by atoms with Gasteiger partial charge in [0.1, 0.15) is 5.82 Å². The molecule has 0 aliphatic heterocycles. The second-order valence-electron chi connectivity index (χ2n) is 4.08. The van der Waals surface area contributed by atoms with Crippen LogP contribution < -0.4 is 5.32 Å². The quantitative estimate of drug-likeness (QED) is 0.869. The number of benzene rings is 1. The summed E-state index contributed by atoms with van der Waals surface area (Å²) in [4.78, 5) is 4.28. The number of nitrogens with one attached hydrogen (secondary N) is 1. The van der Waals surface area contributed by atoms with Gasteiger partial charge in [0.25, 0.3) is 0 Å². The maximum Gasteiger partial charge on any atom is 0.126 e. The van der Waals surface area contributed by atoms with E-state index < -0.39 is 0 Å². The predicted molar refractivity (Wildman–Crippen MR) is 67.4 cm³/mol. The van der Waals surface area contributed by atoms with Crippen molar-refractivity contribution in [2.24, 2.45) is 0 Å². The summed E-state index contributed by atoms with van der Waals surface area (Å²) in [5.41, 5.74) is 2.51. The van der Waals surface area contributed by atoms with Gasteiger partial charge in [0.15, 0.2) is 0 Å². The summed E-state index contributed by atoms with van der Waals surface area (Å²) < 4.78 is 13.1. The minimum absolute atomic E-state index is 0.0982. The highest BCUT2D eigenvalue weighted by Gasteiger charge is 2.06. The van der Waals surface area contributed by atoms with Gasteiger partial charge in [-0.3, -0.25) is 4.98 Å². The minimum atomic E-state index is -0.180. The third-order valence-electron chi connectivity index (χ3n) is 2.67. The van der Waals surface area contributed by atoms with Crippen LogP contribution in [0, 0.1) is 12.7 Å². The zero-order valence-electron chi connectivity index (χ0n) is 9.94. The Morgan fingerprint density at radius 2 is 2.06 bits per heavy atom. The summed E-state index contributed by atoms with van der Waals surface area (Å²) in [5.74, 6) is -0.180. The number of aromatic nitrogens is 1. The maximum absolute atomic E-state index is 13.1. The van der Waals surface area contributed by atoms with Crippen molar-refractivity contribution in [1.82, 2.24) is 4.98 Å². The van der Waals surface area contributed by atoms with E-state index in [1.807, 2.05) is 25.1 Å². The molecule has 2 aromatic rings. The minimum Gasteiger partial charge on any atom is -0.377 e. The largest absolute Gasteiger partial charge is 0.377 e. The van der Waals surface area contributed by atoms with E-state index in [-0.39, 0.29) is 11.9 Å². The molecule has 1 N–H and O–H groups in total. The smallest absolute Gasteiger partial charge is 0.126 e. The Morgan fingerprint density at radius 1 is 1.24 bits per heavy atom. The highest BCUT2D eigenvalue weighted by Crippen LogP contribution is 2.19. The Kier molecular flexibility index (Phi) is 3.38. The number of aryl methyl sites for hydroxylation is 1. The van der Waals surface area contributed by atoms with E-state index in [9.17, 15) is 4.39 Å². The van der Waals surface area contributed by atoms with Crippen molar-refractivity contribution < 1.29 is 4.39 Å². The van der Waals surface area contributed by atoms with E-state index in [2.05, 4.69) is 10.3 Å². The topological polar surface area (TPSA) is 24.9 Å². The van der Waals surface area contributed by atoms with Crippen LogP contribution in [0.3, 0.4) is 0 Å². The monoisotopic (exact) mass is 230 g/mol. The van der Waals surface area contributed by atoms with E-state index >= 15 is 0 Å². The molecular weight excluding hydrogens is 215 g/mol. The van der Waals surface area contributed by atoms with Crippen LogP contribution in [-0.2, 0) is 0 Å². The van der Waals surface area contributed by atoms with Crippen molar-refractivity contribution in [2.75, 3.05) is 5.32 Å². The fourth-order valence-corrected chi connectivity index (χ4v) is 1.69. The molecule has 1 aromatic heterocycles. The molecule has 0 aliphatic carbocycles. The summed E-state index contributed by atoms with van der Waals surface area (Å²) in [6.07, 6.45) is 1.77. The maximum atomic E-state index is 13.1. The molecular formula is C14H15FN2. The molecule has 0 saturated carbocycles. The molecule has 0 bridgehead atoms. The Labute approximate surface area is 101 Å². The lowest BCUT2D eigenvalue weighted by molar-refractivity contribution is 0.618. The van der Waals surface area contributed by atoms with Gasteiger partial charge in [-0.25, -0.2) is 4.39 Å². The van der Waals surface area contributed by atoms with Crippen LogP contribution in [0.2, 0.25) is 0 Å². The van der Waals surface area contributed by atoms with Crippen LogP contribution in [0.15, 0.2) is 42.6 Å². The summed E-state index contributed by atoms with van der Waals surface area (Å²) in [7, 11) is 0. The van der Waals surface area contributed by atoms with Gasteiger partial charge in [0.2, 0.25) is 0 Å². The molecule has 0 radical (unpaired) electrons. The number of rotatable bonds is 3. The summed E-state index contributed by atoms with van der Waals surface area (Å²) in [6.45, 7) is 3.78. The molecule has 1 unspecified atom stereocenters. The molecule has 0 amide bonds. The summed E-state index contributed by atoms with van der Waals surface area (Å²) in [6, 6.07) is 10.9. The number of hydrogen-bond donors (Lipinski definition) is 1. The van der Waals surface area contributed by atoms with E-state index in [1.54, 1.807) is 25.3 Å². The summed E-state index contributed by atoms with van der Waals surface area (Å²) >= 11 is 0. The first kappa shape index (κ1) is 11.6. The van der Waals surface area contributed by atoms with Gasteiger partial charge in [0.05, 0.1) is 11.7 Å². The van der Waals surface area contributed by atoms with Crippen molar-refractivity contribution in [3.63, 3.8) is 0 Å². The van der Waals surface area contributed by atoms with Crippen molar-refractivity contribution in [3.05, 3.63) is 59.7 Å². The standard InChI is InChI=1S/C14H15FN2/c1-10-9-12(6-7-13(10)15)17-11(2)14-5-3-4-8-16-14/h3-9,11,17H,1-2H3. The third kappa shape index (κ3) is 2.81. The van der Waals surface area contributed by atoms with Crippen LogP contribution in [0.1, 0.15) is 24.2 Å². The van der Waals surface area contributed by atoms with Gasteiger partial charge < -0.3 is 5.32 Å². The lowest BCUT2D eigenvalue weighted by Gasteiger charge is -2.15. The van der Waals surface area contributed by atoms with Crippen LogP contribution in [0.4, 0.5) is 10.1 Å². The highest BCUT2D eigenvalue weighted by atomic mass is 19.1. The number of pyridine rings is 1. The number of anilines is 1. The molecule has 1 aromatic carbocycles. The van der Waals surface area contributed by atoms with E-state index in [0.717, 1.165) is 11.4 Å². The first-order valence-corrected chi connectivity index (χ1v) is 5.60. The third-order valence-corrected chi connectivity index (χ3v) is 2.67. The average Bonchev–Trinajstić information content (AvgIpc) is 2.35. The zero-order valence-corrected chi connectivity index (χ0v) is 9.94. The lowest BCUT2D eigenvalue weighted by Crippen LogP contribution is -2.08. The van der Waals surface area contributed by atoms with Gasteiger partial charge in [-0.2, -0.15) is 0 Å². The molecule has 2 nitrogen and oxygen atoms in total. The number of halogens is 1. The van der Waals surface area contributed by atoms with Gasteiger partial charge >= 0.3 is 0 Å². The second-order valence-corrected chi connectivity index (χ2v) is 4.08.